The van der Waals surface area contributed by atoms with Crippen molar-refractivity contribution < 1.29 is 14.0 Å². The summed E-state index contributed by atoms with van der Waals surface area (Å²) in [5.74, 6) is -1.23. The average Bonchev–Trinajstić information content (AvgIpc) is 2.54. The molecule has 0 saturated carbocycles. The molecule has 1 heterocycles. The van der Waals surface area contributed by atoms with E-state index < -0.39 is 11.7 Å². The monoisotopic (exact) mass is 324 g/mol. The molecule has 0 aromatic heterocycles. The van der Waals surface area contributed by atoms with E-state index in [1.165, 1.54) is 18.2 Å². The summed E-state index contributed by atoms with van der Waals surface area (Å²) in [7, 11) is 0. The molecule has 1 aromatic carbocycles. The summed E-state index contributed by atoms with van der Waals surface area (Å²) in [4.78, 5) is 27.9. The highest BCUT2D eigenvalue weighted by molar-refractivity contribution is 6.14. The number of benzene rings is 1. The third-order valence-electron chi connectivity index (χ3n) is 4.02. The number of nitrogens with one attached hydrogen (secondary N) is 1. The summed E-state index contributed by atoms with van der Waals surface area (Å²) in [6.45, 7) is 4.06. The van der Waals surface area contributed by atoms with Crippen molar-refractivity contribution in [2.24, 2.45) is 16.8 Å². The van der Waals surface area contributed by atoms with Gasteiger partial charge < -0.3 is 5.32 Å². The Morgan fingerprint density at radius 3 is 2.71 bits per heavy atom. The van der Waals surface area contributed by atoms with Crippen molar-refractivity contribution in [2.75, 3.05) is 0 Å². The number of nitrogens with zero attached hydrogens (tertiary/aromatic N) is 1. The van der Waals surface area contributed by atoms with E-state index in [0.717, 1.165) is 5.57 Å². The first-order valence-electron chi connectivity index (χ1n) is 7.75. The van der Waals surface area contributed by atoms with Gasteiger partial charge >= 0.3 is 0 Å². The smallest absolute Gasteiger partial charge is 0.280 e. The standard InChI is InChI=1S/C19H17FN2O2/c1-11(2)15-10-18(23)22-17-9-12(7-8-13(15)17)21-19(24)14-5-3-4-6-16(14)20/h3-11,13H,1-2H3,(H,22,23). The first-order chi connectivity index (χ1) is 11.5. The van der Waals surface area contributed by atoms with Gasteiger partial charge in [0.2, 0.25) is 5.91 Å². The second kappa shape index (κ2) is 6.35. The Morgan fingerprint density at radius 2 is 2.00 bits per heavy atom. The van der Waals surface area contributed by atoms with Crippen LogP contribution in [0.3, 0.4) is 0 Å². The number of allylic oxidation sites excluding steroid dienone is 3. The van der Waals surface area contributed by atoms with E-state index >= 15 is 0 Å². The Hall–Kier alpha value is -2.82. The van der Waals surface area contributed by atoms with Crippen LogP contribution in [0.15, 0.2) is 64.8 Å². The topological polar surface area (TPSA) is 58.5 Å². The number of hydrogen-bond donors (Lipinski definition) is 1. The SMILES string of the molecule is CC(C)C1=CC(=O)NC2=CC(=NC(=O)c3ccccc3F)C=CC21. The lowest BCUT2D eigenvalue weighted by Crippen LogP contribution is -2.34. The van der Waals surface area contributed by atoms with Crippen LogP contribution >= 0.6 is 0 Å². The fraction of sp³-hybridized carbons (Fsp3) is 0.211. The Morgan fingerprint density at radius 1 is 1.25 bits per heavy atom. The predicted molar refractivity (Wildman–Crippen MR) is 89.9 cm³/mol. The highest BCUT2D eigenvalue weighted by atomic mass is 19.1. The third-order valence-corrected chi connectivity index (χ3v) is 4.02. The molecule has 2 amide bonds. The van der Waals surface area contributed by atoms with E-state index in [1.807, 2.05) is 19.9 Å². The van der Waals surface area contributed by atoms with Gasteiger partial charge in [0.15, 0.2) is 0 Å². The Labute approximate surface area is 139 Å². The van der Waals surface area contributed by atoms with E-state index in [4.69, 9.17) is 0 Å². The average molecular weight is 324 g/mol. The molecule has 1 aliphatic carbocycles. The zero-order valence-corrected chi connectivity index (χ0v) is 13.4. The van der Waals surface area contributed by atoms with Crippen molar-refractivity contribution in [3.63, 3.8) is 0 Å². The number of rotatable bonds is 2. The van der Waals surface area contributed by atoms with Gasteiger partial charge in [-0.25, -0.2) is 9.38 Å². The second-order valence-electron chi connectivity index (χ2n) is 6.05. The van der Waals surface area contributed by atoms with E-state index in [1.54, 1.807) is 24.3 Å². The van der Waals surface area contributed by atoms with Crippen LogP contribution in [0.2, 0.25) is 0 Å². The van der Waals surface area contributed by atoms with Gasteiger partial charge in [0, 0.05) is 17.7 Å². The van der Waals surface area contributed by atoms with Crippen LogP contribution in [-0.4, -0.2) is 17.5 Å². The molecule has 0 bridgehead atoms. The minimum Gasteiger partial charge on any atom is -0.325 e. The minimum absolute atomic E-state index is 0.0230. The molecular formula is C19H17FN2O2. The van der Waals surface area contributed by atoms with Crippen molar-refractivity contribution in [3.8, 4) is 0 Å². The highest BCUT2D eigenvalue weighted by Crippen LogP contribution is 2.31. The molecule has 0 radical (unpaired) electrons. The fourth-order valence-electron chi connectivity index (χ4n) is 2.83. The first kappa shape index (κ1) is 16.1. The normalized spacial score (nSPS) is 21.2. The van der Waals surface area contributed by atoms with Crippen LogP contribution in [0.25, 0.3) is 0 Å². The molecule has 2 aliphatic rings. The summed E-state index contributed by atoms with van der Waals surface area (Å²) in [5.41, 5.74) is 2.02. The molecule has 0 spiro atoms. The van der Waals surface area contributed by atoms with Crippen molar-refractivity contribution in [3.05, 3.63) is 71.2 Å². The van der Waals surface area contributed by atoms with Crippen LogP contribution < -0.4 is 5.32 Å². The molecule has 122 valence electrons. The molecule has 1 N–H and O–H groups in total. The second-order valence-corrected chi connectivity index (χ2v) is 6.05. The summed E-state index contributed by atoms with van der Waals surface area (Å²) < 4.78 is 13.7. The fourth-order valence-corrected chi connectivity index (χ4v) is 2.83. The van der Waals surface area contributed by atoms with Crippen molar-refractivity contribution in [1.29, 1.82) is 0 Å². The summed E-state index contributed by atoms with van der Waals surface area (Å²) in [6.07, 6.45) is 6.90. The summed E-state index contributed by atoms with van der Waals surface area (Å²) in [5, 5.41) is 2.79. The van der Waals surface area contributed by atoms with Crippen LogP contribution in [-0.2, 0) is 4.79 Å². The largest absolute Gasteiger partial charge is 0.325 e. The van der Waals surface area contributed by atoms with Crippen molar-refractivity contribution >= 4 is 17.5 Å². The molecule has 0 saturated heterocycles. The lowest BCUT2D eigenvalue weighted by Gasteiger charge is -2.29. The van der Waals surface area contributed by atoms with Crippen molar-refractivity contribution in [2.45, 2.75) is 13.8 Å². The zero-order chi connectivity index (χ0) is 17.3. The summed E-state index contributed by atoms with van der Waals surface area (Å²) >= 11 is 0. The Kier molecular flexibility index (Phi) is 4.25. The van der Waals surface area contributed by atoms with Crippen LogP contribution in [0.5, 0.6) is 0 Å². The molecule has 0 fully saturated rings. The van der Waals surface area contributed by atoms with E-state index in [2.05, 4.69) is 10.3 Å². The molecule has 4 nitrogen and oxygen atoms in total. The number of halogens is 1. The van der Waals surface area contributed by atoms with Crippen molar-refractivity contribution in [1.82, 2.24) is 5.32 Å². The molecule has 24 heavy (non-hydrogen) atoms. The maximum absolute atomic E-state index is 13.7. The molecule has 1 aromatic rings. The third kappa shape index (κ3) is 3.11. The Balaban J connectivity index is 1.90. The van der Waals surface area contributed by atoms with Gasteiger partial charge in [0.25, 0.3) is 5.91 Å². The van der Waals surface area contributed by atoms with Crippen LogP contribution in [0.1, 0.15) is 24.2 Å². The van der Waals surface area contributed by atoms with Crippen LogP contribution in [0.4, 0.5) is 4.39 Å². The molecular weight excluding hydrogens is 307 g/mol. The summed E-state index contributed by atoms with van der Waals surface area (Å²) in [6, 6.07) is 5.72. The lowest BCUT2D eigenvalue weighted by atomic mass is 9.82. The number of hydrogen-bond acceptors (Lipinski definition) is 2. The minimum atomic E-state index is -0.648. The highest BCUT2D eigenvalue weighted by Gasteiger charge is 2.28. The maximum atomic E-state index is 13.7. The van der Waals surface area contributed by atoms with E-state index in [0.29, 0.717) is 11.4 Å². The zero-order valence-electron chi connectivity index (χ0n) is 13.4. The van der Waals surface area contributed by atoms with E-state index in [-0.39, 0.29) is 23.3 Å². The number of aliphatic imine (C=N–C) groups is 1. The first-order valence-corrected chi connectivity index (χ1v) is 7.75. The molecule has 1 aliphatic heterocycles. The van der Waals surface area contributed by atoms with Gasteiger partial charge in [0.1, 0.15) is 5.82 Å². The van der Waals surface area contributed by atoms with Gasteiger partial charge in [-0.15, -0.1) is 0 Å². The number of carbonyl (C=O) groups excluding carboxylic acids is 2. The Bertz CT molecular complexity index is 832. The molecule has 5 heteroatoms. The molecule has 1 atom stereocenters. The van der Waals surface area contributed by atoms with Gasteiger partial charge in [-0.3, -0.25) is 9.59 Å². The van der Waals surface area contributed by atoms with Gasteiger partial charge in [0.05, 0.1) is 11.3 Å². The quantitative estimate of drug-likeness (QED) is 0.908. The van der Waals surface area contributed by atoms with Gasteiger partial charge in [-0.1, -0.05) is 32.1 Å². The maximum Gasteiger partial charge on any atom is 0.280 e. The molecule has 3 rings (SSSR count). The lowest BCUT2D eigenvalue weighted by molar-refractivity contribution is -0.116. The van der Waals surface area contributed by atoms with Gasteiger partial charge in [-0.05, 0) is 35.8 Å². The predicted octanol–water partition coefficient (Wildman–Crippen LogP) is 3.19. The van der Waals surface area contributed by atoms with Gasteiger partial charge in [-0.2, -0.15) is 0 Å². The van der Waals surface area contributed by atoms with E-state index in [9.17, 15) is 14.0 Å². The number of amides is 2. The number of fused-ring (bicyclic) bond motifs is 1. The van der Waals surface area contributed by atoms with Crippen LogP contribution in [0, 0.1) is 17.7 Å². The number of carbonyl (C=O) groups is 2. The molecule has 1 unspecified atom stereocenters.